The Morgan fingerprint density at radius 3 is 1.93 bits per heavy atom. The minimum Gasteiger partial charge on any atom is -0.258 e. The molecule has 0 atom stereocenters. The Hall–Kier alpha value is -0.470. The van der Waals surface area contributed by atoms with Crippen LogP contribution < -0.4 is 5.14 Å². The van der Waals surface area contributed by atoms with Gasteiger partial charge in [0, 0.05) is 41.7 Å². The smallest absolute Gasteiger partial charge is 0.258 e. The zero-order valence-electron chi connectivity index (χ0n) is 7.38. The Balaban J connectivity index is 0.00000169. The van der Waals surface area contributed by atoms with Gasteiger partial charge in [-0.3, -0.25) is 10.1 Å². The van der Waals surface area contributed by atoms with Crippen LogP contribution in [0.3, 0.4) is 0 Å². The first kappa shape index (κ1) is 13.5. The predicted molar refractivity (Wildman–Crippen MR) is 50.2 cm³/mol. The summed E-state index contributed by atoms with van der Waals surface area (Å²) in [5, 5.41) is 15.0. The number of rotatable bonds is 2. The van der Waals surface area contributed by atoms with Gasteiger partial charge in [0.25, 0.3) is 5.69 Å². The fraction of sp³-hybridized carbons (Fsp3) is 0. The van der Waals surface area contributed by atoms with E-state index in [1.807, 2.05) is 0 Å². The van der Waals surface area contributed by atoms with Crippen LogP contribution in [0.2, 0.25) is 0 Å². The van der Waals surface area contributed by atoms with Crippen molar-refractivity contribution in [2.45, 2.75) is 4.90 Å². The molecule has 0 spiro atoms. The number of hydrogen-bond donors (Lipinski definition) is 1. The standard InChI is InChI=1S/C6H6N2O4S.Na/c7-13(11,12)6-3-1-5(2-4-6)8(9)10;/h1-4H,(H2,7,11,12);. The number of nitrogens with two attached hydrogens (primary N) is 1. The van der Waals surface area contributed by atoms with Gasteiger partial charge in [-0.15, -0.1) is 0 Å². The summed E-state index contributed by atoms with van der Waals surface area (Å²) < 4.78 is 21.4. The van der Waals surface area contributed by atoms with Crippen LogP contribution in [0.5, 0.6) is 0 Å². The van der Waals surface area contributed by atoms with E-state index in [0.29, 0.717) is 0 Å². The molecule has 14 heavy (non-hydrogen) atoms. The number of sulfonamides is 1. The summed E-state index contributed by atoms with van der Waals surface area (Å²) in [7, 11) is -3.77. The molecule has 0 aliphatic heterocycles. The minimum absolute atomic E-state index is 0. The molecule has 0 aliphatic rings. The molecule has 0 amide bonds. The summed E-state index contributed by atoms with van der Waals surface area (Å²) in [6.45, 7) is 0. The SMILES string of the molecule is NS(=O)(=O)c1ccc([N+](=O)[O-])cc1.[Na]. The maximum Gasteiger partial charge on any atom is 0.269 e. The first-order chi connectivity index (χ1) is 5.91. The van der Waals surface area contributed by atoms with Gasteiger partial charge in [0.2, 0.25) is 10.0 Å². The molecule has 1 radical (unpaired) electrons. The molecule has 0 unspecified atom stereocenters. The van der Waals surface area contributed by atoms with Crippen LogP contribution in [0, 0.1) is 10.1 Å². The van der Waals surface area contributed by atoms with E-state index in [0.717, 1.165) is 24.3 Å². The van der Waals surface area contributed by atoms with Gasteiger partial charge in [0.05, 0.1) is 9.82 Å². The van der Waals surface area contributed by atoms with E-state index < -0.39 is 14.9 Å². The molecule has 8 heteroatoms. The Bertz CT molecular complexity index is 428. The molecule has 0 heterocycles. The van der Waals surface area contributed by atoms with Crippen LogP contribution in [0.25, 0.3) is 0 Å². The average molecular weight is 225 g/mol. The second-order valence-electron chi connectivity index (χ2n) is 2.30. The van der Waals surface area contributed by atoms with Crippen molar-refractivity contribution >= 4 is 45.3 Å². The fourth-order valence-corrected chi connectivity index (χ4v) is 1.27. The molecule has 1 aromatic carbocycles. The first-order valence-corrected chi connectivity index (χ1v) is 4.73. The molecule has 0 aliphatic carbocycles. The summed E-state index contributed by atoms with van der Waals surface area (Å²) in [4.78, 5) is 9.43. The van der Waals surface area contributed by atoms with Gasteiger partial charge in [-0.1, -0.05) is 0 Å². The molecule has 0 fully saturated rings. The van der Waals surface area contributed by atoms with Crippen LogP contribution in [0.1, 0.15) is 0 Å². The zero-order valence-corrected chi connectivity index (χ0v) is 10.2. The van der Waals surface area contributed by atoms with Crippen LogP contribution >= 0.6 is 0 Å². The van der Waals surface area contributed by atoms with Gasteiger partial charge in [-0.2, -0.15) is 0 Å². The number of nitro benzene ring substituents is 1. The summed E-state index contributed by atoms with van der Waals surface area (Å²) in [6, 6.07) is 4.35. The molecule has 0 saturated heterocycles. The molecule has 0 bridgehead atoms. The van der Waals surface area contributed by atoms with Crippen LogP contribution in [0.4, 0.5) is 5.69 Å². The van der Waals surface area contributed by atoms with Gasteiger partial charge >= 0.3 is 0 Å². The Labute approximate surface area is 103 Å². The molecule has 0 saturated carbocycles. The molecule has 6 nitrogen and oxygen atoms in total. The van der Waals surface area contributed by atoms with Gasteiger partial charge in [-0.05, 0) is 12.1 Å². The number of nitrogens with zero attached hydrogens (tertiary/aromatic N) is 1. The third kappa shape index (κ3) is 3.35. The van der Waals surface area contributed by atoms with Crippen molar-refractivity contribution in [3.8, 4) is 0 Å². The van der Waals surface area contributed by atoms with Crippen molar-refractivity contribution in [2.24, 2.45) is 5.14 Å². The normalized spacial score (nSPS) is 10.4. The summed E-state index contributed by atoms with van der Waals surface area (Å²) in [5.41, 5.74) is -0.174. The molecular formula is C6H6N2NaO4S. The zero-order chi connectivity index (χ0) is 10.1. The maximum absolute atomic E-state index is 10.7. The Morgan fingerprint density at radius 1 is 1.21 bits per heavy atom. The third-order valence-electron chi connectivity index (χ3n) is 1.38. The maximum atomic E-state index is 10.7. The topological polar surface area (TPSA) is 103 Å². The van der Waals surface area contributed by atoms with Crippen molar-refractivity contribution < 1.29 is 13.3 Å². The number of non-ortho nitro benzene ring substituents is 1. The summed E-state index contributed by atoms with van der Waals surface area (Å²) in [5.74, 6) is 0. The summed E-state index contributed by atoms with van der Waals surface area (Å²) >= 11 is 0. The van der Waals surface area contributed by atoms with E-state index >= 15 is 0 Å². The second kappa shape index (κ2) is 4.85. The second-order valence-corrected chi connectivity index (χ2v) is 3.86. The first-order valence-electron chi connectivity index (χ1n) is 3.18. The Morgan fingerprint density at radius 2 is 1.64 bits per heavy atom. The van der Waals surface area contributed by atoms with Crippen molar-refractivity contribution in [3.05, 3.63) is 34.4 Å². The quantitative estimate of drug-likeness (QED) is 0.429. The van der Waals surface area contributed by atoms with E-state index in [4.69, 9.17) is 5.14 Å². The van der Waals surface area contributed by atoms with Gasteiger partial charge in [-0.25, -0.2) is 13.6 Å². The van der Waals surface area contributed by atoms with E-state index in [1.165, 1.54) is 0 Å². The molecule has 1 rings (SSSR count). The molecule has 0 aromatic heterocycles. The van der Waals surface area contributed by atoms with E-state index in [9.17, 15) is 18.5 Å². The Kier molecular flexibility index (Phi) is 4.69. The third-order valence-corrected chi connectivity index (χ3v) is 2.31. The van der Waals surface area contributed by atoms with E-state index in [1.54, 1.807) is 0 Å². The number of nitro groups is 1. The monoisotopic (exact) mass is 225 g/mol. The van der Waals surface area contributed by atoms with Gasteiger partial charge in [0.1, 0.15) is 0 Å². The number of hydrogen-bond acceptors (Lipinski definition) is 4. The van der Waals surface area contributed by atoms with Crippen LogP contribution in [-0.4, -0.2) is 42.9 Å². The van der Waals surface area contributed by atoms with Crippen molar-refractivity contribution in [3.63, 3.8) is 0 Å². The fourth-order valence-electron chi connectivity index (χ4n) is 0.758. The number of benzene rings is 1. The van der Waals surface area contributed by atoms with Gasteiger partial charge < -0.3 is 0 Å². The van der Waals surface area contributed by atoms with E-state index in [-0.39, 0.29) is 40.1 Å². The molecular weight excluding hydrogens is 219 g/mol. The van der Waals surface area contributed by atoms with Crippen molar-refractivity contribution in [2.75, 3.05) is 0 Å². The van der Waals surface area contributed by atoms with Crippen molar-refractivity contribution in [1.29, 1.82) is 0 Å². The largest absolute Gasteiger partial charge is 0.269 e. The van der Waals surface area contributed by atoms with Crippen LogP contribution in [0.15, 0.2) is 29.2 Å². The minimum atomic E-state index is -3.77. The molecule has 2 N–H and O–H groups in total. The van der Waals surface area contributed by atoms with Crippen LogP contribution in [-0.2, 0) is 10.0 Å². The summed E-state index contributed by atoms with van der Waals surface area (Å²) in [6.07, 6.45) is 0. The number of primary sulfonamides is 1. The average Bonchev–Trinajstić information content (AvgIpc) is 2.03. The predicted octanol–water partition coefficient (Wildman–Crippen LogP) is -0.139. The van der Waals surface area contributed by atoms with E-state index in [2.05, 4.69) is 0 Å². The van der Waals surface area contributed by atoms with Crippen molar-refractivity contribution in [1.82, 2.24) is 0 Å². The van der Waals surface area contributed by atoms with Gasteiger partial charge in [0.15, 0.2) is 0 Å². The molecule has 1 aromatic rings. The molecule has 71 valence electrons.